The maximum Gasteiger partial charge on any atom is 0.251 e. The Morgan fingerprint density at radius 3 is 2.76 bits per heavy atom. The molecule has 10 heteroatoms. The highest BCUT2D eigenvalue weighted by molar-refractivity contribution is 6.31. The van der Waals surface area contributed by atoms with Gasteiger partial charge in [0.05, 0.1) is 16.8 Å². The Balaban J connectivity index is 1.25. The van der Waals surface area contributed by atoms with Gasteiger partial charge in [-0.15, -0.1) is 5.10 Å². The van der Waals surface area contributed by atoms with Gasteiger partial charge in [-0.25, -0.2) is 4.39 Å². The molecule has 3 unspecified atom stereocenters. The molecule has 4 aromatic rings. The molecule has 4 heterocycles. The lowest BCUT2D eigenvalue weighted by atomic mass is 9.96. The van der Waals surface area contributed by atoms with Crippen molar-refractivity contribution >= 4 is 34.5 Å². The number of aromatic nitrogens is 5. The van der Waals surface area contributed by atoms with Crippen molar-refractivity contribution in [2.45, 2.75) is 31.7 Å². The van der Waals surface area contributed by atoms with Crippen LogP contribution in [0.1, 0.15) is 41.6 Å². The largest absolute Gasteiger partial charge is 0.303 e. The quantitative estimate of drug-likeness (QED) is 0.333. The van der Waals surface area contributed by atoms with Gasteiger partial charge in [-0.05, 0) is 70.7 Å². The van der Waals surface area contributed by atoms with Crippen LogP contribution in [0.3, 0.4) is 0 Å². The van der Waals surface area contributed by atoms with Crippen LogP contribution in [0, 0.1) is 18.7 Å². The third kappa shape index (κ3) is 3.50. The average molecular weight is 533 g/mol. The Morgan fingerprint density at radius 2 is 1.95 bits per heavy atom. The molecule has 7 rings (SSSR count). The van der Waals surface area contributed by atoms with Crippen LogP contribution >= 0.6 is 23.2 Å². The van der Waals surface area contributed by atoms with Gasteiger partial charge in [-0.2, -0.15) is 4.68 Å². The minimum absolute atomic E-state index is 0.104. The summed E-state index contributed by atoms with van der Waals surface area (Å²) < 4.78 is 18.3. The van der Waals surface area contributed by atoms with Crippen LogP contribution < -0.4 is 5.56 Å². The van der Waals surface area contributed by atoms with E-state index >= 15 is 0 Å². The molecule has 0 N–H and O–H groups in total. The smallest absolute Gasteiger partial charge is 0.251 e. The highest BCUT2D eigenvalue weighted by atomic mass is 35.5. The third-order valence-corrected chi connectivity index (χ3v) is 8.29. The van der Waals surface area contributed by atoms with Crippen LogP contribution in [0.5, 0.6) is 0 Å². The van der Waals surface area contributed by atoms with Crippen LogP contribution in [0.2, 0.25) is 10.0 Å². The van der Waals surface area contributed by atoms with Crippen molar-refractivity contribution < 1.29 is 4.39 Å². The van der Waals surface area contributed by atoms with Gasteiger partial charge in [0, 0.05) is 52.2 Å². The van der Waals surface area contributed by atoms with E-state index in [1.54, 1.807) is 36.0 Å². The lowest BCUT2D eigenvalue weighted by Gasteiger charge is -2.20. The number of halogens is 3. The summed E-state index contributed by atoms with van der Waals surface area (Å²) in [6.45, 7) is 1.78. The summed E-state index contributed by atoms with van der Waals surface area (Å²) in [6.07, 6.45) is 4.68. The standard InChI is InChI=1S/C27H19Cl2FN6O/c1-13-2-4-17(26(30)25(13)29)15-6-21(31-11-15)27-20-10-19(20)23-7-14(8-24(37)36(23)27)18-9-16(28)3-5-22(18)35-12-32-33-34-35/h2-5,7-9,11-12,19-20,27H,6,10H2,1H3. The van der Waals surface area contributed by atoms with E-state index in [1.807, 2.05) is 22.8 Å². The zero-order valence-corrected chi connectivity index (χ0v) is 21.1. The number of hydrogen-bond acceptors (Lipinski definition) is 5. The molecular weight excluding hydrogens is 514 g/mol. The van der Waals surface area contributed by atoms with Gasteiger partial charge < -0.3 is 4.57 Å². The first-order valence-electron chi connectivity index (χ1n) is 11.9. The van der Waals surface area contributed by atoms with Gasteiger partial charge in [-0.1, -0.05) is 35.3 Å². The minimum Gasteiger partial charge on any atom is -0.303 e. The summed E-state index contributed by atoms with van der Waals surface area (Å²) in [5.41, 5.74) is 5.95. The van der Waals surface area contributed by atoms with E-state index in [0.717, 1.165) is 40.2 Å². The van der Waals surface area contributed by atoms with Crippen molar-refractivity contribution in [3.63, 3.8) is 0 Å². The van der Waals surface area contributed by atoms with E-state index in [9.17, 15) is 9.18 Å². The second-order valence-electron chi connectivity index (χ2n) is 9.75. The second-order valence-corrected chi connectivity index (χ2v) is 10.6. The Hall–Kier alpha value is -3.62. The molecule has 1 saturated carbocycles. The summed E-state index contributed by atoms with van der Waals surface area (Å²) in [4.78, 5) is 18.2. The Morgan fingerprint density at radius 1 is 1.08 bits per heavy atom. The number of aliphatic imine (C=N–C) groups is 1. The molecule has 2 aromatic heterocycles. The first-order chi connectivity index (χ1) is 17.9. The third-order valence-electron chi connectivity index (χ3n) is 7.59. The predicted octanol–water partition coefficient (Wildman–Crippen LogP) is 5.79. The molecule has 0 radical (unpaired) electrons. The number of nitrogens with zero attached hydrogens (tertiary/aromatic N) is 6. The SMILES string of the molecule is Cc1ccc(C2=CN=C(C3C4CC4c4cc(-c5cc(Cl)ccc5-n5cnnn5)cc(=O)n43)C2)c(F)c1Cl. The van der Waals surface area contributed by atoms with Crippen molar-refractivity contribution in [2.24, 2.45) is 10.9 Å². The zero-order valence-electron chi connectivity index (χ0n) is 19.6. The van der Waals surface area contributed by atoms with Gasteiger partial charge in [0.1, 0.15) is 12.1 Å². The van der Waals surface area contributed by atoms with E-state index in [0.29, 0.717) is 28.5 Å². The summed E-state index contributed by atoms with van der Waals surface area (Å²) in [6, 6.07) is 12.5. The van der Waals surface area contributed by atoms with Crippen molar-refractivity contribution in [1.82, 2.24) is 24.8 Å². The molecule has 0 bridgehead atoms. The molecule has 0 spiro atoms. The van der Waals surface area contributed by atoms with Gasteiger partial charge in [0.2, 0.25) is 0 Å². The van der Waals surface area contributed by atoms with Crippen LogP contribution in [0.15, 0.2) is 64.8 Å². The summed E-state index contributed by atoms with van der Waals surface area (Å²) in [7, 11) is 0. The fourth-order valence-corrected chi connectivity index (χ4v) is 6.07. The highest BCUT2D eigenvalue weighted by Crippen LogP contribution is 2.60. The average Bonchev–Trinajstić information content (AvgIpc) is 3.23. The maximum atomic E-state index is 14.9. The molecule has 2 aromatic carbocycles. The first kappa shape index (κ1) is 22.6. The second kappa shape index (κ2) is 8.19. The molecule has 1 aliphatic carbocycles. The zero-order chi connectivity index (χ0) is 25.4. The maximum absolute atomic E-state index is 14.9. The molecule has 1 fully saturated rings. The number of tetrazole rings is 1. The number of allylic oxidation sites excluding steroid dienone is 1. The Bertz CT molecular complexity index is 1730. The van der Waals surface area contributed by atoms with Gasteiger partial charge in [0.15, 0.2) is 0 Å². The molecule has 2 aliphatic heterocycles. The minimum atomic E-state index is -0.429. The van der Waals surface area contributed by atoms with E-state index in [1.165, 1.54) is 6.33 Å². The molecule has 0 amide bonds. The monoisotopic (exact) mass is 532 g/mol. The molecule has 3 atom stereocenters. The van der Waals surface area contributed by atoms with Crippen LogP contribution in [-0.4, -0.2) is 30.5 Å². The summed E-state index contributed by atoms with van der Waals surface area (Å²) in [5, 5.41) is 12.2. The van der Waals surface area contributed by atoms with Crippen molar-refractivity contribution in [2.75, 3.05) is 0 Å². The topological polar surface area (TPSA) is 78.0 Å². The van der Waals surface area contributed by atoms with E-state index in [-0.39, 0.29) is 22.5 Å². The number of pyridine rings is 1. The fraction of sp³-hybridized carbons (Fsp3) is 0.222. The highest BCUT2D eigenvalue weighted by Gasteiger charge is 2.54. The van der Waals surface area contributed by atoms with Crippen LogP contribution in [0.4, 0.5) is 4.39 Å². The summed E-state index contributed by atoms with van der Waals surface area (Å²) in [5.74, 6) is 0.159. The van der Waals surface area contributed by atoms with E-state index in [4.69, 9.17) is 23.2 Å². The molecular formula is C27H19Cl2FN6O. The molecule has 0 saturated heterocycles. The fourth-order valence-electron chi connectivity index (χ4n) is 5.73. The molecule has 37 heavy (non-hydrogen) atoms. The normalized spacial score (nSPS) is 21.5. The molecule has 184 valence electrons. The van der Waals surface area contributed by atoms with Crippen LogP contribution in [0.25, 0.3) is 22.4 Å². The van der Waals surface area contributed by atoms with Gasteiger partial charge >= 0.3 is 0 Å². The number of aryl methyl sites for hydroxylation is 1. The number of benzene rings is 2. The number of hydrogen-bond donors (Lipinski definition) is 0. The Labute approximate surface area is 220 Å². The Kier molecular flexibility index (Phi) is 5.00. The predicted molar refractivity (Wildman–Crippen MR) is 140 cm³/mol. The first-order valence-corrected chi connectivity index (χ1v) is 12.7. The van der Waals surface area contributed by atoms with E-state index in [2.05, 4.69) is 26.6 Å². The van der Waals surface area contributed by atoms with E-state index < -0.39 is 5.82 Å². The van der Waals surface area contributed by atoms with Crippen molar-refractivity contribution in [1.29, 1.82) is 0 Å². The van der Waals surface area contributed by atoms with Crippen molar-refractivity contribution in [3.8, 4) is 16.8 Å². The van der Waals surface area contributed by atoms with Crippen molar-refractivity contribution in [3.05, 3.63) is 98.0 Å². The lowest BCUT2D eigenvalue weighted by Crippen LogP contribution is -2.29. The van der Waals surface area contributed by atoms with Gasteiger partial charge in [0.25, 0.3) is 5.56 Å². The molecule has 3 aliphatic rings. The van der Waals surface area contributed by atoms with Gasteiger partial charge in [-0.3, -0.25) is 9.79 Å². The van der Waals surface area contributed by atoms with Crippen LogP contribution in [-0.2, 0) is 0 Å². The number of fused-ring (bicyclic) bond motifs is 3. The lowest BCUT2D eigenvalue weighted by molar-refractivity contribution is 0.583. The molecule has 7 nitrogen and oxygen atoms in total. The summed E-state index contributed by atoms with van der Waals surface area (Å²) >= 11 is 12.5. The number of rotatable bonds is 4.